The first-order chi connectivity index (χ1) is 17.4. The van der Waals surface area contributed by atoms with Crippen molar-refractivity contribution >= 4 is 0 Å². The van der Waals surface area contributed by atoms with Crippen LogP contribution in [-0.4, -0.2) is 9.55 Å². The van der Waals surface area contributed by atoms with Crippen LogP contribution >= 0.6 is 0 Å². The fourth-order valence-electron chi connectivity index (χ4n) is 4.35. The molecule has 1 aromatic heterocycles. The van der Waals surface area contributed by atoms with Gasteiger partial charge in [0.2, 0.25) is 0 Å². The van der Waals surface area contributed by atoms with Gasteiger partial charge in [-0.1, -0.05) is 67.9 Å². The van der Waals surface area contributed by atoms with Crippen LogP contribution in [0.5, 0.6) is 0 Å². The van der Waals surface area contributed by atoms with Crippen LogP contribution < -0.4 is 5.56 Å². The van der Waals surface area contributed by atoms with E-state index in [0.717, 1.165) is 41.3 Å². The summed E-state index contributed by atoms with van der Waals surface area (Å²) in [4.78, 5) is 18.3. The molecular weight excluding hydrogens is 456 g/mol. The number of aromatic nitrogens is 2. The van der Waals surface area contributed by atoms with Gasteiger partial charge in [-0.05, 0) is 48.6 Å². The third-order valence-electron chi connectivity index (χ3n) is 6.36. The summed E-state index contributed by atoms with van der Waals surface area (Å²) in [7, 11) is 0. The van der Waals surface area contributed by atoms with Gasteiger partial charge in [0, 0.05) is 17.5 Å². The summed E-state index contributed by atoms with van der Waals surface area (Å²) in [5, 5.41) is 9.41. The van der Waals surface area contributed by atoms with E-state index in [0.29, 0.717) is 29.8 Å². The van der Waals surface area contributed by atoms with Crippen molar-refractivity contribution in [3.05, 3.63) is 122 Å². The minimum absolute atomic E-state index is 0.0911. The number of rotatable bonds is 8. The highest BCUT2D eigenvalue weighted by molar-refractivity contribution is 5.70. The zero-order valence-corrected chi connectivity index (χ0v) is 20.4. The summed E-state index contributed by atoms with van der Waals surface area (Å²) < 4.78 is 29.5. The van der Waals surface area contributed by atoms with Crippen molar-refractivity contribution in [1.29, 1.82) is 5.26 Å². The van der Waals surface area contributed by atoms with Gasteiger partial charge in [-0.15, -0.1) is 0 Å². The van der Waals surface area contributed by atoms with Gasteiger partial charge in [0.05, 0.1) is 23.9 Å². The van der Waals surface area contributed by atoms with Crippen molar-refractivity contribution in [2.75, 3.05) is 0 Å². The van der Waals surface area contributed by atoms with Crippen molar-refractivity contribution in [3.8, 4) is 17.2 Å². The van der Waals surface area contributed by atoms with Gasteiger partial charge in [0.15, 0.2) is 11.6 Å². The molecule has 0 aliphatic rings. The molecule has 6 heteroatoms. The third-order valence-corrected chi connectivity index (χ3v) is 6.36. The van der Waals surface area contributed by atoms with Crippen molar-refractivity contribution in [1.82, 2.24) is 9.55 Å². The Labute approximate surface area is 209 Å². The van der Waals surface area contributed by atoms with Gasteiger partial charge in [-0.3, -0.25) is 9.36 Å². The second kappa shape index (κ2) is 11.1. The molecule has 0 fully saturated rings. The van der Waals surface area contributed by atoms with E-state index >= 15 is 0 Å². The minimum atomic E-state index is -0.950. The Hall–Kier alpha value is -4.11. The normalized spacial score (nSPS) is 10.9. The molecule has 0 amide bonds. The molecule has 4 aromatic rings. The lowest BCUT2D eigenvalue weighted by molar-refractivity contribution is 0.492. The van der Waals surface area contributed by atoms with E-state index in [1.54, 1.807) is 13.0 Å². The Balaban J connectivity index is 1.71. The molecule has 36 heavy (non-hydrogen) atoms. The lowest BCUT2D eigenvalue weighted by Crippen LogP contribution is -2.30. The van der Waals surface area contributed by atoms with Crippen LogP contribution in [0, 0.1) is 29.9 Å². The topological polar surface area (TPSA) is 58.7 Å². The van der Waals surface area contributed by atoms with Gasteiger partial charge in [-0.2, -0.15) is 5.26 Å². The van der Waals surface area contributed by atoms with Crippen LogP contribution in [0.3, 0.4) is 0 Å². The van der Waals surface area contributed by atoms with Gasteiger partial charge in [0.25, 0.3) is 5.56 Å². The maximum atomic E-state index is 14.3. The zero-order valence-electron chi connectivity index (χ0n) is 20.4. The molecule has 0 bridgehead atoms. The maximum absolute atomic E-state index is 14.3. The van der Waals surface area contributed by atoms with Crippen molar-refractivity contribution in [3.63, 3.8) is 0 Å². The molecule has 0 unspecified atom stereocenters. The van der Waals surface area contributed by atoms with Crippen LogP contribution in [0.2, 0.25) is 0 Å². The van der Waals surface area contributed by atoms with E-state index < -0.39 is 11.6 Å². The second-order valence-corrected chi connectivity index (χ2v) is 8.82. The molecule has 0 N–H and O–H groups in total. The number of halogens is 2. The second-order valence-electron chi connectivity index (χ2n) is 8.82. The molecule has 182 valence electrons. The van der Waals surface area contributed by atoms with E-state index in [4.69, 9.17) is 4.98 Å². The summed E-state index contributed by atoms with van der Waals surface area (Å²) in [6.45, 7) is 3.71. The number of aryl methyl sites for hydroxylation is 2. The fraction of sp³-hybridized carbons (Fsp3) is 0.233. The highest BCUT2D eigenvalue weighted by atomic mass is 19.2. The first kappa shape index (κ1) is 25.0. The number of unbranched alkanes of at least 4 members (excludes halogenated alkanes) is 1. The molecule has 4 rings (SSSR count). The first-order valence-corrected chi connectivity index (χ1v) is 12.0. The van der Waals surface area contributed by atoms with Crippen LogP contribution in [-0.2, 0) is 19.4 Å². The average Bonchev–Trinajstić information content (AvgIpc) is 2.90. The summed E-state index contributed by atoms with van der Waals surface area (Å²) in [6, 6.07) is 21.4. The third kappa shape index (κ3) is 5.26. The summed E-state index contributed by atoms with van der Waals surface area (Å²) >= 11 is 0. The molecule has 1 heterocycles. The van der Waals surface area contributed by atoms with E-state index in [1.807, 2.05) is 42.5 Å². The van der Waals surface area contributed by atoms with E-state index in [2.05, 4.69) is 13.0 Å². The Bertz CT molecular complexity index is 1480. The number of benzene rings is 3. The molecule has 0 spiro atoms. The van der Waals surface area contributed by atoms with Crippen LogP contribution in [0.4, 0.5) is 8.78 Å². The van der Waals surface area contributed by atoms with Crippen molar-refractivity contribution < 1.29 is 8.78 Å². The van der Waals surface area contributed by atoms with Crippen LogP contribution in [0.25, 0.3) is 11.1 Å². The molecule has 0 aliphatic carbocycles. The van der Waals surface area contributed by atoms with Crippen molar-refractivity contribution in [2.45, 2.75) is 46.1 Å². The Kier molecular flexibility index (Phi) is 7.70. The van der Waals surface area contributed by atoms with Crippen LogP contribution in [0.15, 0.2) is 71.5 Å². The van der Waals surface area contributed by atoms with Crippen molar-refractivity contribution in [2.24, 2.45) is 0 Å². The smallest absolute Gasteiger partial charge is 0.257 e. The maximum Gasteiger partial charge on any atom is 0.257 e. The quantitative estimate of drug-likeness (QED) is 0.293. The molecule has 0 aliphatic heterocycles. The van der Waals surface area contributed by atoms with Gasteiger partial charge >= 0.3 is 0 Å². The van der Waals surface area contributed by atoms with Crippen LogP contribution in [0.1, 0.15) is 53.5 Å². The molecule has 0 saturated heterocycles. The van der Waals surface area contributed by atoms with Gasteiger partial charge in [-0.25, -0.2) is 13.8 Å². The summed E-state index contributed by atoms with van der Waals surface area (Å²) in [5.74, 6) is -1.42. The molecular formula is C30H27F2N3O. The monoisotopic (exact) mass is 483 g/mol. The lowest BCUT2D eigenvalue weighted by Gasteiger charge is -2.16. The standard InChI is InChI=1S/C30H27F2N3O/c1-3-4-12-28-26(17-21-13-15-22(16-14-21)25-10-6-5-8-23(25)18-33)30(36)35(20(2)34-28)19-24-9-7-11-27(31)29(24)32/h5-11,13-16H,3-4,12,17,19H2,1-2H3. The first-order valence-electron chi connectivity index (χ1n) is 12.0. The Morgan fingerprint density at radius 3 is 2.47 bits per heavy atom. The summed E-state index contributed by atoms with van der Waals surface area (Å²) in [5.41, 5.74) is 4.48. The Morgan fingerprint density at radius 2 is 1.75 bits per heavy atom. The van der Waals surface area contributed by atoms with E-state index in [9.17, 15) is 18.8 Å². The minimum Gasteiger partial charge on any atom is -0.292 e. The predicted octanol–water partition coefficient (Wildman–Crippen LogP) is 6.35. The predicted molar refractivity (Wildman–Crippen MR) is 137 cm³/mol. The largest absolute Gasteiger partial charge is 0.292 e. The molecule has 0 saturated carbocycles. The molecule has 0 atom stereocenters. The van der Waals surface area contributed by atoms with E-state index in [-0.39, 0.29) is 17.7 Å². The number of hydrogen-bond donors (Lipinski definition) is 0. The van der Waals surface area contributed by atoms with E-state index in [1.165, 1.54) is 16.7 Å². The number of hydrogen-bond acceptors (Lipinski definition) is 3. The van der Waals surface area contributed by atoms with Gasteiger partial charge in [0.1, 0.15) is 5.82 Å². The molecule has 4 nitrogen and oxygen atoms in total. The lowest BCUT2D eigenvalue weighted by atomic mass is 9.96. The summed E-state index contributed by atoms with van der Waals surface area (Å²) in [6.07, 6.45) is 2.90. The molecule has 0 radical (unpaired) electrons. The zero-order chi connectivity index (χ0) is 25.7. The highest BCUT2D eigenvalue weighted by Gasteiger charge is 2.17. The molecule has 3 aromatic carbocycles. The SMILES string of the molecule is CCCCc1nc(C)n(Cc2cccc(F)c2F)c(=O)c1Cc1ccc(-c2ccccc2C#N)cc1. The number of nitrogens with zero attached hydrogens (tertiary/aromatic N) is 3. The van der Waals surface area contributed by atoms with Gasteiger partial charge < -0.3 is 0 Å². The fourth-order valence-corrected chi connectivity index (χ4v) is 4.35. The Morgan fingerprint density at radius 1 is 1.00 bits per heavy atom. The number of nitriles is 1. The highest BCUT2D eigenvalue weighted by Crippen LogP contribution is 2.24. The average molecular weight is 484 g/mol.